The van der Waals surface area contributed by atoms with Gasteiger partial charge in [-0.05, 0) is 83.2 Å². The zero-order valence-corrected chi connectivity index (χ0v) is 20.8. The summed E-state index contributed by atoms with van der Waals surface area (Å²) in [6.07, 6.45) is -3.10. The van der Waals surface area contributed by atoms with Crippen LogP contribution in [0.2, 0.25) is 0 Å². The maximum Gasteiger partial charge on any atom is 0.416 e. The molecule has 12 heteroatoms. The lowest BCUT2D eigenvalue weighted by Gasteiger charge is -2.16. The SMILES string of the molecule is CCOc1ccc(/C=C2\SC(=O)N(CC(=O)Nc3cc(C(F)(F)F)ccc3OC)C2=O)cc1I. The average Bonchev–Trinajstić information content (AvgIpc) is 3.02. The Morgan fingerprint density at radius 1 is 1.18 bits per heavy atom. The van der Waals surface area contributed by atoms with E-state index in [9.17, 15) is 27.6 Å². The molecule has 0 atom stereocenters. The Labute approximate surface area is 210 Å². The fourth-order valence-electron chi connectivity index (χ4n) is 2.98. The molecule has 0 bridgehead atoms. The molecule has 34 heavy (non-hydrogen) atoms. The lowest BCUT2D eigenvalue weighted by atomic mass is 10.1. The highest BCUT2D eigenvalue weighted by atomic mass is 127. The Hall–Kier alpha value is -2.74. The number of amides is 3. The van der Waals surface area contributed by atoms with E-state index in [0.717, 1.165) is 26.7 Å². The van der Waals surface area contributed by atoms with Gasteiger partial charge in [0, 0.05) is 0 Å². The predicted molar refractivity (Wildman–Crippen MR) is 130 cm³/mol. The molecule has 0 aromatic heterocycles. The zero-order valence-electron chi connectivity index (χ0n) is 17.9. The topological polar surface area (TPSA) is 84.9 Å². The van der Waals surface area contributed by atoms with E-state index < -0.39 is 35.3 Å². The minimum Gasteiger partial charge on any atom is -0.495 e. The van der Waals surface area contributed by atoms with Gasteiger partial charge in [-0.3, -0.25) is 19.3 Å². The van der Waals surface area contributed by atoms with Crippen molar-refractivity contribution < 1.29 is 37.0 Å². The number of anilines is 1. The summed E-state index contributed by atoms with van der Waals surface area (Å²) in [5, 5.41) is 1.61. The molecular weight excluding hydrogens is 588 g/mol. The van der Waals surface area contributed by atoms with Crippen LogP contribution in [-0.4, -0.2) is 42.2 Å². The van der Waals surface area contributed by atoms with Gasteiger partial charge in [0.25, 0.3) is 11.1 Å². The van der Waals surface area contributed by atoms with Crippen LogP contribution in [0.1, 0.15) is 18.1 Å². The van der Waals surface area contributed by atoms with Crippen molar-refractivity contribution in [3.05, 3.63) is 56.0 Å². The van der Waals surface area contributed by atoms with Crippen LogP contribution in [-0.2, 0) is 15.8 Å². The van der Waals surface area contributed by atoms with Crippen LogP contribution < -0.4 is 14.8 Å². The number of alkyl halides is 3. The van der Waals surface area contributed by atoms with Gasteiger partial charge in [0.05, 0.1) is 33.4 Å². The number of hydrogen-bond acceptors (Lipinski definition) is 6. The van der Waals surface area contributed by atoms with E-state index in [1.807, 2.05) is 6.92 Å². The molecule has 1 fully saturated rings. The number of halogens is 4. The summed E-state index contributed by atoms with van der Waals surface area (Å²) >= 11 is 2.76. The number of imide groups is 1. The summed E-state index contributed by atoms with van der Waals surface area (Å²) in [5.41, 5.74) is -0.548. The van der Waals surface area contributed by atoms with Crippen LogP contribution in [0.3, 0.4) is 0 Å². The Kier molecular flexibility index (Phi) is 8.13. The van der Waals surface area contributed by atoms with E-state index in [0.29, 0.717) is 29.7 Å². The minimum atomic E-state index is -4.62. The van der Waals surface area contributed by atoms with Crippen LogP contribution in [0.5, 0.6) is 11.5 Å². The minimum absolute atomic E-state index is 0.000451. The Morgan fingerprint density at radius 3 is 2.50 bits per heavy atom. The fraction of sp³-hybridized carbons (Fsp3) is 0.227. The quantitative estimate of drug-likeness (QED) is 0.336. The van der Waals surface area contributed by atoms with Crippen molar-refractivity contribution in [2.75, 3.05) is 25.6 Å². The fourth-order valence-corrected chi connectivity index (χ4v) is 4.52. The predicted octanol–water partition coefficient (Wildman–Crippen LogP) is 5.39. The third kappa shape index (κ3) is 6.03. The lowest BCUT2D eigenvalue weighted by Crippen LogP contribution is -2.36. The number of thioether (sulfide) groups is 1. The monoisotopic (exact) mass is 606 g/mol. The lowest BCUT2D eigenvalue weighted by molar-refractivity contribution is -0.137. The summed E-state index contributed by atoms with van der Waals surface area (Å²) < 4.78 is 50.3. The van der Waals surface area contributed by atoms with Gasteiger partial charge in [0.15, 0.2) is 0 Å². The third-order valence-electron chi connectivity index (χ3n) is 4.53. The van der Waals surface area contributed by atoms with Crippen molar-refractivity contribution in [2.45, 2.75) is 13.1 Å². The van der Waals surface area contributed by atoms with E-state index in [2.05, 4.69) is 27.9 Å². The van der Waals surface area contributed by atoms with Crippen LogP contribution in [0.4, 0.5) is 23.7 Å². The highest BCUT2D eigenvalue weighted by Gasteiger charge is 2.37. The van der Waals surface area contributed by atoms with E-state index in [4.69, 9.17) is 9.47 Å². The smallest absolute Gasteiger partial charge is 0.416 e. The van der Waals surface area contributed by atoms with E-state index in [1.165, 1.54) is 13.2 Å². The summed E-state index contributed by atoms with van der Waals surface area (Å²) in [6, 6.07) is 7.87. The first kappa shape index (κ1) is 25.9. The van der Waals surface area contributed by atoms with Crippen molar-refractivity contribution >= 4 is 63.2 Å². The number of ether oxygens (including phenoxy) is 2. The molecule has 1 aliphatic heterocycles. The molecule has 0 spiro atoms. The number of carbonyl (C=O) groups is 3. The first-order valence-electron chi connectivity index (χ1n) is 9.76. The van der Waals surface area contributed by atoms with Gasteiger partial charge in [-0.1, -0.05) is 6.07 Å². The number of rotatable bonds is 7. The Morgan fingerprint density at radius 2 is 1.88 bits per heavy atom. The maximum absolute atomic E-state index is 13.0. The second-order valence-corrected chi connectivity index (χ2v) is 9.01. The van der Waals surface area contributed by atoms with Crippen molar-refractivity contribution in [3.63, 3.8) is 0 Å². The number of methoxy groups -OCH3 is 1. The summed E-state index contributed by atoms with van der Waals surface area (Å²) in [7, 11) is 1.24. The Bertz CT molecular complexity index is 1170. The van der Waals surface area contributed by atoms with Gasteiger partial charge < -0.3 is 14.8 Å². The van der Waals surface area contributed by atoms with E-state index >= 15 is 0 Å². The van der Waals surface area contributed by atoms with Crippen LogP contribution >= 0.6 is 34.4 Å². The van der Waals surface area contributed by atoms with Crippen LogP contribution in [0.25, 0.3) is 6.08 Å². The highest BCUT2D eigenvalue weighted by Crippen LogP contribution is 2.36. The highest BCUT2D eigenvalue weighted by molar-refractivity contribution is 14.1. The number of benzene rings is 2. The maximum atomic E-state index is 13.0. The summed E-state index contributed by atoms with van der Waals surface area (Å²) in [6.45, 7) is 1.70. The number of nitrogens with zero attached hydrogens (tertiary/aromatic N) is 1. The summed E-state index contributed by atoms with van der Waals surface area (Å²) in [4.78, 5) is 38.4. The molecule has 2 aromatic carbocycles. The molecule has 3 amide bonds. The molecule has 0 unspecified atom stereocenters. The molecule has 2 aromatic rings. The largest absolute Gasteiger partial charge is 0.495 e. The second kappa shape index (κ2) is 10.7. The van der Waals surface area contributed by atoms with Gasteiger partial charge in [-0.25, -0.2) is 0 Å². The molecule has 1 N–H and O–H groups in total. The average molecular weight is 606 g/mol. The molecular formula is C22H18F3IN2O5S. The zero-order chi connectivity index (χ0) is 25.0. The molecule has 3 rings (SSSR count). The van der Waals surface area contributed by atoms with E-state index in [1.54, 1.807) is 18.2 Å². The molecule has 0 radical (unpaired) electrons. The van der Waals surface area contributed by atoms with Gasteiger partial charge in [-0.15, -0.1) is 0 Å². The van der Waals surface area contributed by atoms with Gasteiger partial charge in [-0.2, -0.15) is 13.2 Å². The summed E-state index contributed by atoms with van der Waals surface area (Å²) in [5.74, 6) is -0.836. The third-order valence-corrected chi connectivity index (χ3v) is 6.28. The van der Waals surface area contributed by atoms with Gasteiger partial charge in [0.1, 0.15) is 18.0 Å². The standard InChI is InChI=1S/C22H18F3IN2O5S/c1-3-33-16-6-4-12(8-14(16)26)9-18-20(30)28(21(31)34-18)11-19(29)27-15-10-13(22(23,24)25)5-7-17(15)32-2/h4-10H,3,11H2,1-2H3,(H,27,29)/b18-9-. The van der Waals surface area contributed by atoms with Crippen molar-refractivity contribution in [1.29, 1.82) is 0 Å². The molecule has 0 aliphatic carbocycles. The molecule has 1 heterocycles. The van der Waals surface area contributed by atoms with Crippen LogP contribution in [0.15, 0.2) is 41.3 Å². The second-order valence-electron chi connectivity index (χ2n) is 6.85. The van der Waals surface area contributed by atoms with Crippen molar-refractivity contribution in [2.24, 2.45) is 0 Å². The van der Waals surface area contributed by atoms with Gasteiger partial charge >= 0.3 is 6.18 Å². The molecule has 0 saturated carbocycles. The number of nitrogens with one attached hydrogen (secondary N) is 1. The van der Waals surface area contributed by atoms with E-state index in [-0.39, 0.29) is 16.3 Å². The molecule has 7 nitrogen and oxygen atoms in total. The first-order chi connectivity index (χ1) is 16.0. The molecule has 180 valence electrons. The number of carbonyl (C=O) groups excluding carboxylic acids is 3. The van der Waals surface area contributed by atoms with Crippen LogP contribution in [0, 0.1) is 3.57 Å². The first-order valence-corrected chi connectivity index (χ1v) is 11.7. The van der Waals surface area contributed by atoms with Gasteiger partial charge in [0.2, 0.25) is 5.91 Å². The Balaban J connectivity index is 1.74. The number of hydrogen-bond donors (Lipinski definition) is 1. The van der Waals surface area contributed by atoms with Crippen molar-refractivity contribution in [1.82, 2.24) is 4.90 Å². The molecule has 1 saturated heterocycles. The molecule has 1 aliphatic rings. The normalized spacial score (nSPS) is 15.1. The van der Waals surface area contributed by atoms with Crippen molar-refractivity contribution in [3.8, 4) is 11.5 Å².